The van der Waals surface area contributed by atoms with Crippen molar-refractivity contribution in [2.75, 3.05) is 6.54 Å². The van der Waals surface area contributed by atoms with Gasteiger partial charge in [0.05, 0.1) is 6.54 Å². The first-order valence-corrected chi connectivity index (χ1v) is 9.12. The second-order valence-corrected chi connectivity index (χ2v) is 7.38. The van der Waals surface area contributed by atoms with Crippen molar-refractivity contribution in [1.29, 1.82) is 0 Å². The van der Waals surface area contributed by atoms with Gasteiger partial charge in [-0.15, -0.1) is 0 Å². The number of carbonyl (C=O) groups is 1. The van der Waals surface area contributed by atoms with E-state index in [9.17, 15) is 4.79 Å². The molecule has 0 aliphatic heterocycles. The highest BCUT2D eigenvalue weighted by Gasteiger charge is 2.28. The molecule has 8 nitrogen and oxygen atoms in total. The molecule has 146 valence electrons. The molecule has 2 heterocycles. The van der Waals surface area contributed by atoms with Crippen LogP contribution in [0.15, 0.2) is 54.9 Å². The van der Waals surface area contributed by atoms with Crippen LogP contribution in [-0.2, 0) is 13.0 Å². The molecule has 0 saturated carbocycles. The first kappa shape index (κ1) is 19.5. The lowest BCUT2D eigenvalue weighted by molar-refractivity contribution is 0.104. The van der Waals surface area contributed by atoms with E-state index in [1.54, 1.807) is 17.3 Å². The highest BCUT2D eigenvalue weighted by molar-refractivity contribution is 5.70. The fourth-order valence-corrected chi connectivity index (χ4v) is 2.71. The molecule has 2 aromatic heterocycles. The van der Waals surface area contributed by atoms with Crippen molar-refractivity contribution >= 4 is 6.09 Å². The van der Waals surface area contributed by atoms with Crippen molar-refractivity contribution in [2.45, 2.75) is 39.3 Å². The van der Waals surface area contributed by atoms with E-state index < -0.39 is 11.6 Å². The van der Waals surface area contributed by atoms with Gasteiger partial charge in [0.2, 0.25) is 0 Å². The molecule has 0 aliphatic carbocycles. The Kier molecular flexibility index (Phi) is 5.98. The third-order valence-electron chi connectivity index (χ3n) is 4.18. The standard InChI is InChI=1S/C20H24N6O2/c1-20(2,3)25(14-11-16-7-5-4-6-8-16)19(27)28-18-22-24-26(23-18)15-17-9-12-21-13-10-17/h4-10,12-13H,11,14-15H2,1-3H3. The van der Waals surface area contributed by atoms with Crippen LogP contribution in [-0.4, -0.2) is 48.3 Å². The summed E-state index contributed by atoms with van der Waals surface area (Å²) in [6.07, 6.45) is 3.63. The molecule has 1 aromatic carbocycles. The number of ether oxygens (including phenoxy) is 1. The lowest BCUT2D eigenvalue weighted by Crippen LogP contribution is -2.48. The minimum Gasteiger partial charge on any atom is -0.372 e. The zero-order valence-electron chi connectivity index (χ0n) is 16.3. The number of hydrogen-bond donors (Lipinski definition) is 0. The molecule has 0 radical (unpaired) electrons. The van der Waals surface area contributed by atoms with Crippen LogP contribution in [0.3, 0.4) is 0 Å². The molecule has 0 unspecified atom stereocenters. The number of benzene rings is 1. The average molecular weight is 380 g/mol. The number of pyridine rings is 1. The number of rotatable bonds is 6. The van der Waals surface area contributed by atoms with Crippen molar-refractivity contribution in [3.8, 4) is 6.01 Å². The lowest BCUT2D eigenvalue weighted by atomic mass is 10.1. The van der Waals surface area contributed by atoms with Crippen molar-refractivity contribution < 1.29 is 9.53 Å². The molecule has 0 bridgehead atoms. The number of nitrogens with zero attached hydrogens (tertiary/aromatic N) is 6. The van der Waals surface area contributed by atoms with Crippen LogP contribution in [0, 0.1) is 0 Å². The van der Waals surface area contributed by atoms with E-state index in [-0.39, 0.29) is 6.01 Å². The van der Waals surface area contributed by atoms with Gasteiger partial charge >= 0.3 is 12.1 Å². The maximum Gasteiger partial charge on any atom is 0.418 e. The molecule has 3 aromatic rings. The van der Waals surface area contributed by atoms with Gasteiger partial charge in [-0.3, -0.25) is 4.98 Å². The normalized spacial score (nSPS) is 11.2. The second-order valence-electron chi connectivity index (χ2n) is 7.38. The van der Waals surface area contributed by atoms with Gasteiger partial charge in [0, 0.05) is 24.5 Å². The Hall–Kier alpha value is -3.29. The van der Waals surface area contributed by atoms with Crippen molar-refractivity contribution in [1.82, 2.24) is 30.1 Å². The lowest BCUT2D eigenvalue weighted by Gasteiger charge is -2.34. The maximum atomic E-state index is 12.7. The van der Waals surface area contributed by atoms with Gasteiger partial charge in [0.1, 0.15) is 0 Å². The topological polar surface area (TPSA) is 86.0 Å². The van der Waals surface area contributed by atoms with Gasteiger partial charge in [-0.05, 0) is 55.7 Å². The van der Waals surface area contributed by atoms with E-state index in [1.165, 1.54) is 4.80 Å². The fourth-order valence-electron chi connectivity index (χ4n) is 2.71. The van der Waals surface area contributed by atoms with E-state index in [0.717, 1.165) is 17.5 Å². The number of hydrogen-bond acceptors (Lipinski definition) is 6. The number of amides is 1. The molecular weight excluding hydrogens is 356 g/mol. The summed E-state index contributed by atoms with van der Waals surface area (Å²) in [7, 11) is 0. The van der Waals surface area contributed by atoms with E-state index in [2.05, 4.69) is 20.4 Å². The first-order chi connectivity index (χ1) is 13.4. The van der Waals surface area contributed by atoms with E-state index in [0.29, 0.717) is 13.1 Å². The molecule has 0 spiro atoms. The summed E-state index contributed by atoms with van der Waals surface area (Å²) in [6.45, 7) is 6.84. The summed E-state index contributed by atoms with van der Waals surface area (Å²) in [4.78, 5) is 19.7. The third-order valence-corrected chi connectivity index (χ3v) is 4.18. The van der Waals surface area contributed by atoms with Crippen LogP contribution in [0.4, 0.5) is 4.79 Å². The minimum atomic E-state index is -0.494. The van der Waals surface area contributed by atoms with Gasteiger partial charge in [0.25, 0.3) is 0 Å². The van der Waals surface area contributed by atoms with E-state index >= 15 is 0 Å². The van der Waals surface area contributed by atoms with Gasteiger partial charge < -0.3 is 9.64 Å². The predicted molar refractivity (Wildman–Crippen MR) is 104 cm³/mol. The fraction of sp³-hybridized carbons (Fsp3) is 0.350. The Balaban J connectivity index is 1.63. The van der Waals surface area contributed by atoms with E-state index in [1.807, 2.05) is 63.2 Å². The summed E-state index contributed by atoms with van der Waals surface area (Å²) in [5.74, 6) is 0. The third kappa shape index (κ3) is 5.35. The highest BCUT2D eigenvalue weighted by atomic mass is 16.6. The Morgan fingerprint density at radius 2 is 1.79 bits per heavy atom. The number of carbonyl (C=O) groups excluding carboxylic acids is 1. The van der Waals surface area contributed by atoms with Gasteiger partial charge in [-0.1, -0.05) is 40.5 Å². The number of aromatic nitrogens is 5. The minimum absolute atomic E-state index is 0.0620. The maximum absolute atomic E-state index is 12.7. The molecule has 28 heavy (non-hydrogen) atoms. The Morgan fingerprint density at radius 3 is 2.46 bits per heavy atom. The summed E-state index contributed by atoms with van der Waals surface area (Å²) < 4.78 is 5.38. The predicted octanol–water partition coefficient (Wildman–Crippen LogP) is 2.96. The van der Waals surface area contributed by atoms with Gasteiger partial charge in [-0.25, -0.2) is 4.79 Å². The molecule has 0 atom stereocenters. The molecule has 8 heteroatoms. The van der Waals surface area contributed by atoms with Crippen LogP contribution in [0.25, 0.3) is 0 Å². The van der Waals surface area contributed by atoms with Crippen LogP contribution in [0.2, 0.25) is 0 Å². The Morgan fingerprint density at radius 1 is 1.07 bits per heavy atom. The summed E-state index contributed by atoms with van der Waals surface area (Å²) in [5, 5.41) is 11.9. The molecule has 1 amide bonds. The second kappa shape index (κ2) is 8.60. The van der Waals surface area contributed by atoms with Gasteiger partial charge in [0.15, 0.2) is 0 Å². The highest BCUT2D eigenvalue weighted by Crippen LogP contribution is 2.17. The van der Waals surface area contributed by atoms with Gasteiger partial charge in [-0.2, -0.15) is 4.80 Å². The SMILES string of the molecule is CC(C)(C)N(CCc1ccccc1)C(=O)Oc1nnn(Cc2ccncc2)n1. The molecule has 0 saturated heterocycles. The molecule has 0 N–H and O–H groups in total. The summed E-state index contributed by atoms with van der Waals surface area (Å²) in [5.41, 5.74) is 1.73. The van der Waals surface area contributed by atoms with Crippen LogP contribution < -0.4 is 4.74 Å². The molecular formula is C20H24N6O2. The Labute approximate surface area is 164 Å². The summed E-state index contributed by atoms with van der Waals surface area (Å²) in [6, 6.07) is 13.7. The number of tetrazole rings is 1. The first-order valence-electron chi connectivity index (χ1n) is 9.12. The summed E-state index contributed by atoms with van der Waals surface area (Å²) >= 11 is 0. The quantitative estimate of drug-likeness (QED) is 0.653. The molecule has 0 aliphatic rings. The van der Waals surface area contributed by atoms with Crippen LogP contribution in [0.1, 0.15) is 31.9 Å². The molecule has 3 rings (SSSR count). The Bertz CT molecular complexity index is 890. The van der Waals surface area contributed by atoms with Crippen molar-refractivity contribution in [3.05, 3.63) is 66.0 Å². The monoisotopic (exact) mass is 380 g/mol. The molecule has 0 fully saturated rings. The smallest absolute Gasteiger partial charge is 0.372 e. The van der Waals surface area contributed by atoms with Crippen LogP contribution in [0.5, 0.6) is 6.01 Å². The van der Waals surface area contributed by atoms with Crippen molar-refractivity contribution in [3.63, 3.8) is 0 Å². The average Bonchev–Trinajstić information content (AvgIpc) is 3.09. The largest absolute Gasteiger partial charge is 0.418 e. The zero-order chi connectivity index (χ0) is 20.0. The zero-order valence-corrected chi connectivity index (χ0v) is 16.3. The van der Waals surface area contributed by atoms with Crippen molar-refractivity contribution in [2.24, 2.45) is 0 Å². The van der Waals surface area contributed by atoms with Crippen LogP contribution >= 0.6 is 0 Å². The van der Waals surface area contributed by atoms with E-state index in [4.69, 9.17) is 4.74 Å².